The molecule has 4 rings (SSSR count). The third kappa shape index (κ3) is 4.17. The summed E-state index contributed by atoms with van der Waals surface area (Å²) in [4.78, 5) is 31.6. The van der Waals surface area contributed by atoms with E-state index in [1.165, 1.54) is 17.0 Å². The third-order valence-corrected chi connectivity index (χ3v) is 5.43. The van der Waals surface area contributed by atoms with Crippen LogP contribution in [0.25, 0.3) is 10.9 Å². The molecule has 3 aromatic rings. The topological polar surface area (TPSA) is 59.5 Å². The van der Waals surface area contributed by atoms with Gasteiger partial charge in [0, 0.05) is 24.7 Å². The normalized spacial score (nSPS) is 13.0. The molecule has 0 aliphatic heterocycles. The molecule has 0 unspecified atom stereocenters. The van der Waals surface area contributed by atoms with Crippen molar-refractivity contribution in [3.8, 4) is 0 Å². The fourth-order valence-electron chi connectivity index (χ4n) is 3.91. The van der Waals surface area contributed by atoms with Crippen LogP contribution in [0.3, 0.4) is 0 Å². The minimum Gasteiger partial charge on any atom is -0.452 e. The number of benzene rings is 2. The Morgan fingerprint density at radius 1 is 1.10 bits per heavy atom. The maximum Gasteiger partial charge on any atom is 0.339 e. The largest absolute Gasteiger partial charge is 0.452 e. The van der Waals surface area contributed by atoms with Gasteiger partial charge in [0.1, 0.15) is 5.82 Å². The zero-order valence-electron chi connectivity index (χ0n) is 16.9. The first-order valence-electron chi connectivity index (χ1n) is 10.1. The molecule has 30 heavy (non-hydrogen) atoms. The van der Waals surface area contributed by atoms with Crippen molar-refractivity contribution in [2.75, 3.05) is 13.7 Å². The number of aryl methyl sites for hydroxylation is 1. The van der Waals surface area contributed by atoms with E-state index in [4.69, 9.17) is 9.72 Å². The maximum absolute atomic E-state index is 13.3. The number of halogens is 1. The number of hydrogen-bond donors (Lipinski definition) is 0. The van der Waals surface area contributed by atoms with E-state index < -0.39 is 5.97 Å². The predicted molar refractivity (Wildman–Crippen MR) is 112 cm³/mol. The number of hydrogen-bond acceptors (Lipinski definition) is 4. The van der Waals surface area contributed by atoms with Crippen molar-refractivity contribution in [3.05, 3.63) is 76.7 Å². The number of ether oxygens (including phenoxy) is 1. The molecule has 0 saturated carbocycles. The molecule has 1 aliphatic rings. The highest BCUT2D eigenvalue weighted by atomic mass is 19.1. The van der Waals surface area contributed by atoms with Crippen LogP contribution in [-0.2, 0) is 28.9 Å². The van der Waals surface area contributed by atoms with Crippen LogP contribution in [-0.4, -0.2) is 35.4 Å². The summed E-state index contributed by atoms with van der Waals surface area (Å²) < 4.78 is 18.8. The Labute approximate surface area is 174 Å². The van der Waals surface area contributed by atoms with Crippen molar-refractivity contribution < 1.29 is 18.7 Å². The zero-order valence-corrected chi connectivity index (χ0v) is 16.9. The van der Waals surface area contributed by atoms with E-state index in [9.17, 15) is 14.0 Å². The fourth-order valence-corrected chi connectivity index (χ4v) is 3.91. The Kier molecular flexibility index (Phi) is 5.74. The number of esters is 1. The smallest absolute Gasteiger partial charge is 0.339 e. The predicted octanol–water partition coefficient (Wildman–Crippen LogP) is 4.07. The lowest BCUT2D eigenvalue weighted by atomic mass is 9.90. The van der Waals surface area contributed by atoms with Gasteiger partial charge in [-0.05, 0) is 55.0 Å². The van der Waals surface area contributed by atoms with Crippen molar-refractivity contribution in [2.24, 2.45) is 0 Å². The molecule has 1 aromatic heterocycles. The number of rotatable bonds is 5. The second-order valence-corrected chi connectivity index (χ2v) is 7.59. The number of likely N-dealkylation sites (N-methyl/N-ethyl adjacent to an activating group) is 1. The molecule has 0 spiro atoms. The summed E-state index contributed by atoms with van der Waals surface area (Å²) in [6.07, 6.45) is 3.68. The van der Waals surface area contributed by atoms with Gasteiger partial charge in [0.05, 0.1) is 11.1 Å². The highest BCUT2D eigenvalue weighted by Gasteiger charge is 2.24. The monoisotopic (exact) mass is 406 g/mol. The summed E-state index contributed by atoms with van der Waals surface area (Å²) in [5.74, 6) is -1.20. The number of fused-ring (bicyclic) bond motifs is 2. The summed E-state index contributed by atoms with van der Waals surface area (Å²) in [6.45, 7) is -0.127. The minimum absolute atomic E-state index is 0.238. The average Bonchev–Trinajstić information content (AvgIpc) is 2.75. The second kappa shape index (κ2) is 8.61. The molecular formula is C24H23FN2O3. The van der Waals surface area contributed by atoms with Gasteiger partial charge in [0.25, 0.3) is 5.91 Å². The molecule has 0 fully saturated rings. The minimum atomic E-state index is -0.501. The van der Waals surface area contributed by atoms with Crippen molar-refractivity contribution >= 4 is 22.8 Å². The van der Waals surface area contributed by atoms with Gasteiger partial charge in [0.15, 0.2) is 6.61 Å². The standard InChI is InChI=1S/C24H23FN2O3/c1-27(14-16-7-6-8-17(25)13-16)22(28)15-30-24(29)23-18-9-2-4-11-20(18)26-21-12-5-3-10-19(21)23/h2,4,6-9,11,13H,3,5,10,12,14-15H2,1H3. The average molecular weight is 406 g/mol. The third-order valence-electron chi connectivity index (χ3n) is 5.43. The number of nitrogens with zero attached hydrogens (tertiary/aromatic N) is 2. The molecule has 0 atom stereocenters. The first kappa shape index (κ1) is 20.0. The Morgan fingerprint density at radius 3 is 2.73 bits per heavy atom. The Balaban J connectivity index is 1.50. The summed E-state index contributed by atoms with van der Waals surface area (Å²) in [5, 5.41) is 0.753. The van der Waals surface area contributed by atoms with Crippen LogP contribution >= 0.6 is 0 Å². The Hall–Kier alpha value is -3.28. The zero-order chi connectivity index (χ0) is 21.1. The molecule has 154 valence electrons. The number of aromatic nitrogens is 1. The molecule has 5 nitrogen and oxygen atoms in total. The van der Waals surface area contributed by atoms with Gasteiger partial charge >= 0.3 is 5.97 Å². The van der Waals surface area contributed by atoms with Crippen LogP contribution in [0, 0.1) is 5.82 Å². The van der Waals surface area contributed by atoms with Crippen LogP contribution in [0.15, 0.2) is 48.5 Å². The van der Waals surface area contributed by atoms with Gasteiger partial charge < -0.3 is 9.64 Å². The summed E-state index contributed by atoms with van der Waals surface area (Å²) in [5.41, 5.74) is 3.84. The van der Waals surface area contributed by atoms with Crippen LogP contribution in [0.4, 0.5) is 4.39 Å². The van der Waals surface area contributed by atoms with Gasteiger partial charge in [-0.1, -0.05) is 30.3 Å². The van der Waals surface area contributed by atoms with E-state index >= 15 is 0 Å². The second-order valence-electron chi connectivity index (χ2n) is 7.59. The first-order valence-corrected chi connectivity index (χ1v) is 10.1. The molecule has 0 N–H and O–H groups in total. The van der Waals surface area contributed by atoms with Crippen molar-refractivity contribution in [3.63, 3.8) is 0 Å². The van der Waals surface area contributed by atoms with E-state index in [2.05, 4.69) is 0 Å². The molecule has 1 heterocycles. The van der Waals surface area contributed by atoms with Gasteiger partial charge in [0.2, 0.25) is 0 Å². The fraction of sp³-hybridized carbons (Fsp3) is 0.292. The highest BCUT2D eigenvalue weighted by molar-refractivity contribution is 6.05. The number of carbonyl (C=O) groups is 2. The lowest BCUT2D eigenvalue weighted by molar-refractivity contribution is -0.133. The molecule has 0 radical (unpaired) electrons. The van der Waals surface area contributed by atoms with Crippen molar-refractivity contribution in [1.29, 1.82) is 0 Å². The van der Waals surface area contributed by atoms with Crippen molar-refractivity contribution in [2.45, 2.75) is 32.2 Å². The highest BCUT2D eigenvalue weighted by Crippen LogP contribution is 2.29. The van der Waals surface area contributed by atoms with E-state index in [1.807, 2.05) is 24.3 Å². The van der Waals surface area contributed by atoms with Gasteiger partial charge in [-0.15, -0.1) is 0 Å². The number of carbonyl (C=O) groups excluding carboxylic acids is 2. The number of para-hydroxylation sites is 1. The summed E-state index contributed by atoms with van der Waals surface area (Å²) in [7, 11) is 1.60. The Bertz CT molecular complexity index is 1110. The van der Waals surface area contributed by atoms with Crippen molar-refractivity contribution in [1.82, 2.24) is 9.88 Å². The van der Waals surface area contributed by atoms with E-state index in [0.717, 1.165) is 47.8 Å². The molecular weight excluding hydrogens is 383 g/mol. The summed E-state index contributed by atoms with van der Waals surface area (Å²) in [6, 6.07) is 13.6. The SMILES string of the molecule is CN(Cc1cccc(F)c1)C(=O)COC(=O)c1c2c(nc3ccccc13)CCCC2. The van der Waals surface area contributed by atoms with Crippen LogP contribution in [0.1, 0.15) is 40.0 Å². The van der Waals surface area contributed by atoms with E-state index in [0.29, 0.717) is 11.1 Å². The van der Waals surface area contributed by atoms with Crippen LogP contribution in [0.2, 0.25) is 0 Å². The maximum atomic E-state index is 13.3. The van der Waals surface area contributed by atoms with Gasteiger partial charge in [-0.25, -0.2) is 9.18 Å². The molecule has 1 amide bonds. The molecule has 2 aromatic carbocycles. The lowest BCUT2D eigenvalue weighted by Gasteiger charge is -2.21. The number of amides is 1. The molecule has 0 bridgehead atoms. The van der Waals surface area contributed by atoms with E-state index in [1.54, 1.807) is 19.2 Å². The quantitative estimate of drug-likeness (QED) is 0.600. The van der Waals surface area contributed by atoms with Crippen LogP contribution < -0.4 is 0 Å². The Morgan fingerprint density at radius 2 is 1.90 bits per heavy atom. The van der Waals surface area contributed by atoms with Gasteiger partial charge in [-0.2, -0.15) is 0 Å². The number of pyridine rings is 1. The summed E-state index contributed by atoms with van der Waals surface area (Å²) >= 11 is 0. The van der Waals surface area contributed by atoms with Crippen LogP contribution in [0.5, 0.6) is 0 Å². The van der Waals surface area contributed by atoms with E-state index in [-0.39, 0.29) is 24.9 Å². The first-order chi connectivity index (χ1) is 14.5. The molecule has 0 saturated heterocycles. The molecule has 6 heteroatoms. The lowest BCUT2D eigenvalue weighted by Crippen LogP contribution is -2.31. The van der Waals surface area contributed by atoms with Gasteiger partial charge in [-0.3, -0.25) is 9.78 Å². The molecule has 1 aliphatic carbocycles.